The molecule has 1 amide bonds. The van der Waals surface area contributed by atoms with E-state index in [1.54, 1.807) is 13.2 Å². The highest BCUT2D eigenvalue weighted by atomic mass is 16.5. The van der Waals surface area contributed by atoms with Crippen LogP contribution in [0.15, 0.2) is 42.5 Å². The van der Waals surface area contributed by atoms with E-state index in [2.05, 4.69) is 61.4 Å². The molecule has 0 aliphatic carbocycles. The van der Waals surface area contributed by atoms with E-state index in [0.29, 0.717) is 30.6 Å². The molecule has 2 aromatic carbocycles. The predicted molar refractivity (Wildman–Crippen MR) is 140 cm³/mol. The molecule has 4 rings (SSSR count). The monoisotopic (exact) mass is 479 g/mol. The van der Waals surface area contributed by atoms with Gasteiger partial charge in [0, 0.05) is 25.7 Å². The molecular weight excluding hydrogens is 438 g/mol. The quantitative estimate of drug-likeness (QED) is 0.563. The lowest BCUT2D eigenvalue weighted by molar-refractivity contribution is -0.124. The number of phenolic OH excluding ortho intramolecular Hbond substituents is 1. The third-order valence-corrected chi connectivity index (χ3v) is 8.35. The van der Waals surface area contributed by atoms with Crippen LogP contribution in [0.3, 0.4) is 0 Å². The number of likely N-dealkylation sites (tertiary alicyclic amines) is 1. The largest absolute Gasteiger partial charge is 0.508 e. The summed E-state index contributed by atoms with van der Waals surface area (Å²) in [5.41, 5.74) is 3.65. The van der Waals surface area contributed by atoms with Crippen molar-refractivity contribution in [3.05, 3.63) is 59.2 Å². The normalized spacial score (nSPS) is 25.7. The van der Waals surface area contributed by atoms with Gasteiger partial charge in [0.05, 0.1) is 13.2 Å². The number of hydrogen-bond acceptors (Lipinski definition) is 5. The molecule has 6 nitrogen and oxygen atoms in total. The number of piperidine rings is 1. The second-order valence-corrected chi connectivity index (χ2v) is 11.0. The summed E-state index contributed by atoms with van der Waals surface area (Å²) in [6.07, 6.45) is 1.72. The van der Waals surface area contributed by atoms with E-state index in [1.165, 1.54) is 16.7 Å². The first-order valence-electron chi connectivity index (χ1n) is 12.9. The van der Waals surface area contributed by atoms with E-state index < -0.39 is 0 Å². The number of ether oxygens (including phenoxy) is 1. The molecule has 1 fully saturated rings. The second-order valence-electron chi connectivity index (χ2n) is 11.0. The van der Waals surface area contributed by atoms with Crippen LogP contribution in [0.25, 0.3) is 0 Å². The zero-order valence-electron chi connectivity index (χ0n) is 21.8. The van der Waals surface area contributed by atoms with Crippen LogP contribution in [-0.2, 0) is 23.2 Å². The van der Waals surface area contributed by atoms with Crippen molar-refractivity contribution in [1.82, 2.24) is 15.5 Å². The van der Waals surface area contributed by atoms with E-state index >= 15 is 0 Å². The third-order valence-electron chi connectivity index (χ3n) is 8.35. The molecule has 2 aliphatic rings. The van der Waals surface area contributed by atoms with Gasteiger partial charge in [0.1, 0.15) is 11.5 Å². The van der Waals surface area contributed by atoms with Crippen LogP contribution in [-0.4, -0.2) is 54.7 Å². The molecule has 0 bridgehead atoms. The van der Waals surface area contributed by atoms with E-state index in [1.807, 2.05) is 18.2 Å². The second kappa shape index (κ2) is 10.6. The zero-order chi connectivity index (χ0) is 25.2. The standard InChI is InChI=1S/C29H41N3O3/c1-19(2)27(31-28(34)26-14-21-9-10-25(35-5)13-22(21)16-30-26)18-32-12-11-29(4,20(3)17-32)23-7-6-8-24(33)15-23/h6-10,13,15,19-20,26-27,30,33H,11-12,14,16-18H2,1-5H3,(H,31,34)/t20-,26+,27+,29+/m0/s1. The van der Waals surface area contributed by atoms with Crippen LogP contribution in [0.4, 0.5) is 0 Å². The molecule has 3 N–H and O–H groups in total. The van der Waals surface area contributed by atoms with Crippen molar-refractivity contribution in [2.75, 3.05) is 26.7 Å². The Morgan fingerprint density at radius 3 is 2.74 bits per heavy atom. The highest BCUT2D eigenvalue weighted by Gasteiger charge is 2.39. The fourth-order valence-electron chi connectivity index (χ4n) is 5.56. The third kappa shape index (κ3) is 5.65. The van der Waals surface area contributed by atoms with Crippen molar-refractivity contribution in [2.45, 2.75) is 64.6 Å². The number of nitrogens with zero attached hydrogens (tertiary/aromatic N) is 1. The Morgan fingerprint density at radius 2 is 2.06 bits per heavy atom. The first-order chi connectivity index (χ1) is 16.7. The lowest BCUT2D eigenvalue weighted by Gasteiger charge is -2.46. The molecule has 0 unspecified atom stereocenters. The van der Waals surface area contributed by atoms with Crippen molar-refractivity contribution in [3.8, 4) is 11.5 Å². The molecule has 1 saturated heterocycles. The minimum Gasteiger partial charge on any atom is -0.508 e. The minimum absolute atomic E-state index is 0.0356. The maximum absolute atomic E-state index is 13.2. The number of carbonyl (C=O) groups excluding carboxylic acids is 1. The molecule has 4 atom stereocenters. The fourth-order valence-corrected chi connectivity index (χ4v) is 5.56. The number of fused-ring (bicyclic) bond motifs is 1. The van der Waals surface area contributed by atoms with Crippen LogP contribution < -0.4 is 15.4 Å². The van der Waals surface area contributed by atoms with Gasteiger partial charge in [-0.25, -0.2) is 0 Å². The molecule has 0 spiro atoms. The summed E-state index contributed by atoms with van der Waals surface area (Å²) < 4.78 is 5.33. The molecule has 0 saturated carbocycles. The lowest BCUT2D eigenvalue weighted by atomic mass is 9.68. The number of rotatable bonds is 7. The number of aromatic hydroxyl groups is 1. The molecule has 0 radical (unpaired) electrons. The van der Waals surface area contributed by atoms with Crippen molar-refractivity contribution in [2.24, 2.45) is 11.8 Å². The molecule has 190 valence electrons. The maximum Gasteiger partial charge on any atom is 0.237 e. The van der Waals surface area contributed by atoms with E-state index in [4.69, 9.17) is 4.74 Å². The Labute approximate surface area is 210 Å². The average Bonchev–Trinajstić information content (AvgIpc) is 2.85. The highest BCUT2D eigenvalue weighted by molar-refractivity contribution is 5.82. The Kier molecular flexibility index (Phi) is 7.72. The van der Waals surface area contributed by atoms with Gasteiger partial charge < -0.3 is 25.4 Å². The zero-order valence-corrected chi connectivity index (χ0v) is 21.8. The van der Waals surface area contributed by atoms with Gasteiger partial charge in [-0.1, -0.05) is 45.9 Å². The molecule has 2 aliphatic heterocycles. The molecule has 35 heavy (non-hydrogen) atoms. The van der Waals surface area contributed by atoms with Crippen LogP contribution in [0.2, 0.25) is 0 Å². The van der Waals surface area contributed by atoms with E-state index in [-0.39, 0.29) is 23.4 Å². The summed E-state index contributed by atoms with van der Waals surface area (Å²) in [7, 11) is 1.68. The maximum atomic E-state index is 13.2. The lowest BCUT2D eigenvalue weighted by Crippen LogP contribution is -2.56. The summed E-state index contributed by atoms with van der Waals surface area (Å²) in [6, 6.07) is 13.7. The van der Waals surface area contributed by atoms with Gasteiger partial charge in [-0.05, 0) is 77.6 Å². The van der Waals surface area contributed by atoms with Gasteiger partial charge in [-0.15, -0.1) is 0 Å². The molecule has 6 heteroatoms. The summed E-state index contributed by atoms with van der Waals surface area (Å²) in [5.74, 6) is 2.05. The summed E-state index contributed by atoms with van der Waals surface area (Å²) >= 11 is 0. The molecular formula is C29H41N3O3. The number of hydrogen-bond donors (Lipinski definition) is 3. The van der Waals surface area contributed by atoms with E-state index in [9.17, 15) is 9.90 Å². The van der Waals surface area contributed by atoms with Gasteiger partial charge in [-0.2, -0.15) is 0 Å². The van der Waals surface area contributed by atoms with Gasteiger partial charge in [0.2, 0.25) is 5.91 Å². The Balaban J connectivity index is 1.36. The molecule has 0 aromatic heterocycles. The van der Waals surface area contributed by atoms with Crippen molar-refractivity contribution < 1.29 is 14.6 Å². The number of benzene rings is 2. The van der Waals surface area contributed by atoms with Gasteiger partial charge >= 0.3 is 0 Å². The number of carbonyl (C=O) groups is 1. The topological polar surface area (TPSA) is 73.8 Å². The van der Waals surface area contributed by atoms with Crippen LogP contribution >= 0.6 is 0 Å². The van der Waals surface area contributed by atoms with Gasteiger partial charge in [0.15, 0.2) is 0 Å². The first kappa shape index (κ1) is 25.5. The average molecular weight is 480 g/mol. The molecule has 2 heterocycles. The van der Waals surface area contributed by atoms with Crippen molar-refractivity contribution in [3.63, 3.8) is 0 Å². The van der Waals surface area contributed by atoms with Crippen molar-refractivity contribution in [1.29, 1.82) is 0 Å². The number of phenols is 1. The number of amides is 1. The predicted octanol–water partition coefficient (Wildman–Crippen LogP) is 3.86. The van der Waals surface area contributed by atoms with Crippen LogP contribution in [0, 0.1) is 11.8 Å². The van der Waals surface area contributed by atoms with E-state index in [0.717, 1.165) is 31.8 Å². The summed E-state index contributed by atoms with van der Waals surface area (Å²) in [6.45, 7) is 12.5. The minimum atomic E-state index is -0.216. The van der Waals surface area contributed by atoms with Crippen LogP contribution in [0.1, 0.15) is 50.8 Å². The van der Waals surface area contributed by atoms with Crippen LogP contribution in [0.5, 0.6) is 11.5 Å². The number of nitrogens with one attached hydrogen (secondary N) is 2. The van der Waals surface area contributed by atoms with Gasteiger partial charge in [0.25, 0.3) is 0 Å². The number of methoxy groups -OCH3 is 1. The summed E-state index contributed by atoms with van der Waals surface area (Å²) in [4.78, 5) is 15.7. The fraction of sp³-hybridized carbons (Fsp3) is 0.552. The highest BCUT2D eigenvalue weighted by Crippen LogP contribution is 2.40. The Bertz CT molecular complexity index is 1040. The Hall–Kier alpha value is -2.57. The first-order valence-corrected chi connectivity index (χ1v) is 12.9. The Morgan fingerprint density at radius 1 is 1.26 bits per heavy atom. The molecule has 2 aromatic rings. The smallest absolute Gasteiger partial charge is 0.237 e. The SMILES string of the molecule is COc1ccc2c(c1)CN[C@@H](C(=O)N[C@H](CN1CC[C@@](C)(c3cccc(O)c3)[C@@H](C)C1)C(C)C)C2. The van der Waals surface area contributed by atoms with Crippen molar-refractivity contribution >= 4 is 5.91 Å². The van der Waals surface area contributed by atoms with Gasteiger partial charge in [-0.3, -0.25) is 4.79 Å². The summed E-state index contributed by atoms with van der Waals surface area (Å²) in [5, 5.41) is 16.8.